The van der Waals surface area contributed by atoms with Crippen LogP contribution in [0.3, 0.4) is 0 Å². The average Bonchev–Trinajstić information content (AvgIpc) is 3.07. The fraction of sp³-hybridized carbons (Fsp3) is 0.190. The Balaban J connectivity index is 2.08. The quantitative estimate of drug-likeness (QED) is 0.221. The highest BCUT2D eigenvalue weighted by Gasteiger charge is 2.32. The van der Waals surface area contributed by atoms with Crippen molar-refractivity contribution >= 4 is 51.5 Å². The Kier molecular flexibility index (Phi) is 6.29. The number of carbonyl (C=O) groups is 1. The molecular weight excluding hydrogens is 447 g/mol. The van der Waals surface area contributed by atoms with Crippen LogP contribution in [0.4, 0.5) is 18.9 Å². The van der Waals surface area contributed by atoms with Gasteiger partial charge in [-0.15, -0.1) is 24.0 Å². The second kappa shape index (κ2) is 8.61. The summed E-state index contributed by atoms with van der Waals surface area (Å²) in [5, 5.41) is 20.1. The molecule has 0 saturated heterocycles. The highest BCUT2D eigenvalue weighted by Crippen LogP contribution is 2.33. The molecule has 0 bridgehead atoms. The monoisotopic (exact) mass is 463 g/mol. The van der Waals surface area contributed by atoms with Gasteiger partial charge >= 0.3 is 6.18 Å². The van der Waals surface area contributed by atoms with E-state index in [0.717, 1.165) is 16.8 Å². The Labute approximate surface area is 185 Å². The van der Waals surface area contributed by atoms with Crippen LogP contribution in [0, 0.1) is 11.3 Å². The zero-order valence-electron chi connectivity index (χ0n) is 16.3. The number of thiol groups is 1. The summed E-state index contributed by atoms with van der Waals surface area (Å²) >= 11 is 5.53. The maximum Gasteiger partial charge on any atom is 0.416 e. The van der Waals surface area contributed by atoms with Crippen molar-refractivity contribution in [3.05, 3.63) is 59.2 Å². The number of aliphatic hydroxyl groups excluding tert-OH is 1. The predicted molar refractivity (Wildman–Crippen MR) is 116 cm³/mol. The lowest BCUT2D eigenvalue weighted by Gasteiger charge is -2.27. The van der Waals surface area contributed by atoms with Crippen LogP contribution in [0.25, 0.3) is 16.0 Å². The van der Waals surface area contributed by atoms with Crippen molar-refractivity contribution in [1.29, 1.82) is 5.26 Å². The Morgan fingerprint density at radius 3 is 2.58 bits per heavy atom. The van der Waals surface area contributed by atoms with E-state index < -0.39 is 35.0 Å². The summed E-state index contributed by atoms with van der Waals surface area (Å²) < 4.78 is 40.4. The Bertz CT molecular complexity index is 1230. The number of nitriles is 1. The summed E-state index contributed by atoms with van der Waals surface area (Å²) in [6.45, 7) is 3.43. The number of nitrogens with zero attached hydrogens (tertiary/aromatic N) is 3. The number of hydrogen-bond acceptors (Lipinski definition) is 6. The summed E-state index contributed by atoms with van der Waals surface area (Å²) in [4.78, 5) is 18.7. The van der Waals surface area contributed by atoms with Gasteiger partial charge in [-0.25, -0.2) is 4.98 Å². The zero-order valence-corrected chi connectivity index (χ0v) is 18.0. The number of anilines is 1. The van der Waals surface area contributed by atoms with Crippen molar-refractivity contribution in [2.75, 3.05) is 4.90 Å². The first-order valence-electron chi connectivity index (χ1n) is 8.97. The van der Waals surface area contributed by atoms with Crippen LogP contribution in [0.5, 0.6) is 0 Å². The van der Waals surface area contributed by atoms with Gasteiger partial charge in [0, 0.05) is 17.3 Å². The number of benzene rings is 2. The van der Waals surface area contributed by atoms with Crippen LogP contribution in [-0.4, -0.2) is 22.0 Å². The molecule has 0 saturated carbocycles. The standard InChI is InChI=1S/C21H16F3N3O2S2/c1-11(2)27(14-6-7-16-17(9-14)31-20(30)26-16)19(29)15(10-25)18(28)12-4-3-5-13(8-12)21(22,23)24/h3-9,11,28H,1-2H3,(H,26,30). The minimum absolute atomic E-state index is 0.277. The second-order valence-corrected chi connectivity index (χ2v) is 8.59. The van der Waals surface area contributed by atoms with Crippen LogP contribution in [0.1, 0.15) is 25.0 Å². The Hall–Kier alpha value is -3.03. The van der Waals surface area contributed by atoms with Crippen molar-refractivity contribution in [1.82, 2.24) is 4.98 Å². The fourth-order valence-corrected chi connectivity index (χ4v) is 4.15. The number of carbonyl (C=O) groups excluding carboxylic acids is 1. The molecule has 1 N–H and O–H groups in total. The van der Waals surface area contributed by atoms with E-state index in [0.29, 0.717) is 21.6 Å². The van der Waals surface area contributed by atoms with Crippen molar-refractivity contribution in [2.24, 2.45) is 0 Å². The maximum absolute atomic E-state index is 13.2. The van der Waals surface area contributed by atoms with E-state index in [1.165, 1.54) is 22.3 Å². The third kappa shape index (κ3) is 4.68. The molecule has 5 nitrogen and oxygen atoms in total. The minimum Gasteiger partial charge on any atom is -0.506 e. The van der Waals surface area contributed by atoms with Gasteiger partial charge in [0.05, 0.1) is 15.8 Å². The van der Waals surface area contributed by atoms with Crippen LogP contribution in [0.15, 0.2) is 52.4 Å². The van der Waals surface area contributed by atoms with Crippen molar-refractivity contribution < 1.29 is 23.1 Å². The highest BCUT2D eigenvalue weighted by atomic mass is 32.2. The number of rotatable bonds is 4. The van der Waals surface area contributed by atoms with E-state index in [1.54, 1.807) is 38.1 Å². The van der Waals surface area contributed by atoms with Gasteiger partial charge in [-0.1, -0.05) is 12.1 Å². The lowest BCUT2D eigenvalue weighted by molar-refractivity contribution is -0.137. The van der Waals surface area contributed by atoms with Gasteiger partial charge in [0.2, 0.25) is 0 Å². The van der Waals surface area contributed by atoms with Crippen molar-refractivity contribution in [3.63, 3.8) is 0 Å². The number of aliphatic hydroxyl groups is 1. The van der Waals surface area contributed by atoms with E-state index in [4.69, 9.17) is 0 Å². The third-order valence-corrected chi connectivity index (χ3v) is 5.59. The molecule has 3 rings (SSSR count). The lowest BCUT2D eigenvalue weighted by atomic mass is 10.0. The molecule has 3 aromatic rings. The van der Waals surface area contributed by atoms with Crippen LogP contribution >= 0.6 is 24.0 Å². The summed E-state index contributed by atoms with van der Waals surface area (Å²) in [5.41, 5.74) is -0.791. The number of amides is 1. The zero-order chi connectivity index (χ0) is 22.9. The number of alkyl halides is 3. The summed E-state index contributed by atoms with van der Waals surface area (Å²) in [6, 6.07) is 10.1. The molecule has 2 aromatic carbocycles. The van der Waals surface area contributed by atoms with E-state index in [1.807, 2.05) is 0 Å². The third-order valence-electron chi connectivity index (χ3n) is 4.40. The molecule has 0 aliphatic heterocycles. The molecule has 1 aromatic heterocycles. The van der Waals surface area contributed by atoms with E-state index in [2.05, 4.69) is 17.6 Å². The van der Waals surface area contributed by atoms with Gasteiger partial charge in [0.25, 0.3) is 5.91 Å². The topological polar surface area (TPSA) is 77.2 Å². The van der Waals surface area contributed by atoms with Gasteiger partial charge in [0.15, 0.2) is 5.57 Å². The Morgan fingerprint density at radius 2 is 1.97 bits per heavy atom. The number of hydrogen-bond donors (Lipinski definition) is 2. The molecule has 31 heavy (non-hydrogen) atoms. The van der Waals surface area contributed by atoms with Gasteiger partial charge < -0.3 is 10.0 Å². The molecule has 160 valence electrons. The molecular formula is C21H16F3N3O2S2. The van der Waals surface area contributed by atoms with E-state index in [-0.39, 0.29) is 5.56 Å². The molecule has 0 spiro atoms. The van der Waals surface area contributed by atoms with Gasteiger partial charge in [-0.2, -0.15) is 18.4 Å². The SMILES string of the molecule is CC(C)N(C(=O)C(C#N)=C(O)c1cccc(C(F)(F)F)c1)c1ccc2nc(S)sc2c1. The molecule has 0 fully saturated rings. The van der Waals surface area contributed by atoms with Gasteiger partial charge in [0.1, 0.15) is 16.2 Å². The molecule has 0 aliphatic carbocycles. The normalized spacial score (nSPS) is 12.6. The molecule has 0 unspecified atom stereocenters. The molecule has 0 atom stereocenters. The van der Waals surface area contributed by atoms with Gasteiger partial charge in [-0.3, -0.25) is 4.79 Å². The molecule has 0 aliphatic rings. The van der Waals surface area contributed by atoms with Crippen molar-refractivity contribution in [3.8, 4) is 6.07 Å². The lowest BCUT2D eigenvalue weighted by Crippen LogP contribution is -2.38. The fourth-order valence-electron chi connectivity index (χ4n) is 3.01. The Morgan fingerprint density at radius 1 is 1.26 bits per heavy atom. The van der Waals surface area contributed by atoms with Crippen LogP contribution in [0.2, 0.25) is 0 Å². The maximum atomic E-state index is 13.2. The summed E-state index contributed by atoms with van der Waals surface area (Å²) in [6.07, 6.45) is -4.63. The number of thiazole rings is 1. The average molecular weight is 464 g/mol. The first-order chi connectivity index (χ1) is 14.5. The number of aromatic nitrogens is 1. The highest BCUT2D eigenvalue weighted by molar-refractivity contribution is 7.82. The van der Waals surface area contributed by atoms with Gasteiger partial charge in [-0.05, 0) is 44.2 Å². The van der Waals surface area contributed by atoms with E-state index in [9.17, 15) is 28.3 Å². The molecule has 1 amide bonds. The number of fused-ring (bicyclic) bond motifs is 1. The molecule has 10 heteroatoms. The smallest absolute Gasteiger partial charge is 0.416 e. The van der Waals surface area contributed by atoms with E-state index >= 15 is 0 Å². The summed E-state index contributed by atoms with van der Waals surface area (Å²) in [5.74, 6) is -1.65. The minimum atomic E-state index is -4.63. The first kappa shape index (κ1) is 22.7. The van der Waals surface area contributed by atoms with Crippen molar-refractivity contribution in [2.45, 2.75) is 30.4 Å². The molecule has 1 heterocycles. The summed E-state index contributed by atoms with van der Waals surface area (Å²) in [7, 11) is 0. The predicted octanol–water partition coefficient (Wildman–Crippen LogP) is 5.84. The first-order valence-corrected chi connectivity index (χ1v) is 10.2. The number of halogens is 3. The van der Waals surface area contributed by atoms with Crippen LogP contribution in [-0.2, 0) is 11.0 Å². The molecule has 0 radical (unpaired) electrons. The van der Waals surface area contributed by atoms with Crippen LogP contribution < -0.4 is 4.90 Å². The second-order valence-electron chi connectivity index (χ2n) is 6.83. The largest absolute Gasteiger partial charge is 0.506 e.